The summed E-state index contributed by atoms with van der Waals surface area (Å²) in [5.41, 5.74) is 0. The van der Waals surface area contributed by atoms with Crippen LogP contribution in [0.15, 0.2) is 0 Å². The molecule has 2 nitrogen and oxygen atoms in total. The predicted octanol–water partition coefficient (Wildman–Crippen LogP) is 1.94. The Morgan fingerprint density at radius 2 is 2.23 bits per heavy atom. The molecule has 0 amide bonds. The maximum Gasteiger partial charge on any atom is 0.131 e. The third-order valence-electron chi connectivity index (χ3n) is 3.03. The zero-order chi connectivity index (χ0) is 9.84. The van der Waals surface area contributed by atoms with Crippen molar-refractivity contribution in [1.82, 2.24) is 4.90 Å². The van der Waals surface area contributed by atoms with Gasteiger partial charge in [0.15, 0.2) is 0 Å². The van der Waals surface area contributed by atoms with Gasteiger partial charge < -0.3 is 4.90 Å². The molecule has 76 valence electrons. The van der Waals surface area contributed by atoms with E-state index in [-0.39, 0.29) is 0 Å². The second-order valence-electron chi connectivity index (χ2n) is 4.55. The minimum Gasteiger partial charge on any atom is -0.303 e. The number of carbonyl (C=O) groups excluding carboxylic acids is 1. The van der Waals surface area contributed by atoms with E-state index < -0.39 is 0 Å². The molecule has 1 unspecified atom stereocenters. The van der Waals surface area contributed by atoms with Gasteiger partial charge in [-0.2, -0.15) is 0 Å². The Morgan fingerprint density at radius 3 is 2.69 bits per heavy atom. The number of hydrogen-bond donors (Lipinski definition) is 0. The Kier molecular flexibility index (Phi) is 3.91. The van der Waals surface area contributed by atoms with E-state index in [4.69, 9.17) is 0 Å². The number of carbonyl (C=O) groups is 1. The predicted molar refractivity (Wildman–Crippen MR) is 54.7 cm³/mol. The molecule has 1 rings (SSSR count). The van der Waals surface area contributed by atoms with Crippen molar-refractivity contribution >= 4 is 5.78 Å². The molecule has 1 heterocycles. The highest BCUT2D eigenvalue weighted by molar-refractivity contribution is 5.75. The lowest BCUT2D eigenvalue weighted by atomic mass is 9.95. The summed E-state index contributed by atoms with van der Waals surface area (Å²) in [7, 11) is 0. The van der Waals surface area contributed by atoms with Gasteiger partial charge in [-0.3, -0.25) is 4.79 Å². The minimum atomic E-state index is 0.313. The molecule has 0 spiro atoms. The molecular weight excluding hydrogens is 162 g/mol. The molecule has 1 fully saturated rings. The van der Waals surface area contributed by atoms with Crippen LogP contribution in [0.3, 0.4) is 0 Å². The number of ketones is 1. The van der Waals surface area contributed by atoms with Crippen molar-refractivity contribution in [2.24, 2.45) is 11.8 Å². The number of hydrogen-bond acceptors (Lipinski definition) is 2. The normalized spacial score (nSPS) is 24.2. The zero-order valence-electron chi connectivity index (χ0n) is 9.05. The molecule has 0 saturated carbocycles. The van der Waals surface area contributed by atoms with Crippen molar-refractivity contribution in [1.29, 1.82) is 0 Å². The van der Waals surface area contributed by atoms with Crippen LogP contribution < -0.4 is 0 Å². The van der Waals surface area contributed by atoms with E-state index in [2.05, 4.69) is 18.7 Å². The highest BCUT2D eigenvalue weighted by Gasteiger charge is 2.24. The van der Waals surface area contributed by atoms with E-state index in [0.717, 1.165) is 24.8 Å². The van der Waals surface area contributed by atoms with Gasteiger partial charge in [0.05, 0.1) is 0 Å². The van der Waals surface area contributed by atoms with Gasteiger partial charge in [0.1, 0.15) is 5.78 Å². The third-order valence-corrected chi connectivity index (χ3v) is 3.03. The molecule has 1 aliphatic rings. The number of Topliss-reactive ketones (excluding diaryl/α,β-unsaturated/α-hetero) is 1. The van der Waals surface area contributed by atoms with Gasteiger partial charge >= 0.3 is 0 Å². The molecule has 0 aromatic heterocycles. The lowest BCUT2D eigenvalue weighted by Crippen LogP contribution is -2.24. The minimum absolute atomic E-state index is 0.313. The van der Waals surface area contributed by atoms with Gasteiger partial charge in [-0.05, 0) is 31.7 Å². The first-order chi connectivity index (χ1) is 6.09. The second-order valence-corrected chi connectivity index (χ2v) is 4.55. The molecule has 0 aliphatic carbocycles. The second kappa shape index (κ2) is 4.75. The highest BCUT2D eigenvalue weighted by Crippen LogP contribution is 2.23. The van der Waals surface area contributed by atoms with Gasteiger partial charge in [-0.25, -0.2) is 0 Å². The summed E-state index contributed by atoms with van der Waals surface area (Å²) in [4.78, 5) is 13.2. The molecule has 2 heteroatoms. The number of nitrogens with zero attached hydrogens (tertiary/aromatic N) is 1. The first-order valence-electron chi connectivity index (χ1n) is 5.31. The number of likely N-dealkylation sites (tertiary alicyclic amines) is 1. The Balaban J connectivity index is 2.21. The quantitative estimate of drug-likeness (QED) is 0.664. The van der Waals surface area contributed by atoms with Crippen LogP contribution >= 0.6 is 0 Å². The van der Waals surface area contributed by atoms with E-state index in [0.29, 0.717) is 5.78 Å². The monoisotopic (exact) mass is 183 g/mol. The lowest BCUT2D eigenvalue weighted by Gasteiger charge is -2.16. The van der Waals surface area contributed by atoms with Crippen LogP contribution in [0.1, 0.15) is 33.6 Å². The Hall–Kier alpha value is -0.370. The molecule has 0 bridgehead atoms. The van der Waals surface area contributed by atoms with Crippen LogP contribution in [0, 0.1) is 11.8 Å². The summed E-state index contributed by atoms with van der Waals surface area (Å²) in [6.45, 7) is 9.62. The van der Waals surface area contributed by atoms with E-state index in [1.165, 1.54) is 19.5 Å². The fourth-order valence-corrected chi connectivity index (χ4v) is 1.93. The molecule has 0 radical (unpaired) electrons. The third kappa shape index (κ3) is 3.47. The topological polar surface area (TPSA) is 20.3 Å². The van der Waals surface area contributed by atoms with Crippen molar-refractivity contribution < 1.29 is 4.79 Å². The largest absolute Gasteiger partial charge is 0.303 e. The Bertz CT molecular complexity index is 177. The summed E-state index contributed by atoms with van der Waals surface area (Å²) < 4.78 is 0. The van der Waals surface area contributed by atoms with E-state index in [9.17, 15) is 4.79 Å². The van der Waals surface area contributed by atoms with E-state index >= 15 is 0 Å². The van der Waals surface area contributed by atoms with Crippen LogP contribution in [-0.2, 0) is 4.79 Å². The fourth-order valence-electron chi connectivity index (χ4n) is 1.93. The average Bonchev–Trinajstić information content (AvgIpc) is 2.48. The van der Waals surface area contributed by atoms with Crippen LogP contribution in [0.25, 0.3) is 0 Å². The van der Waals surface area contributed by atoms with Gasteiger partial charge in [-0.1, -0.05) is 13.8 Å². The smallest absolute Gasteiger partial charge is 0.131 e. The van der Waals surface area contributed by atoms with Crippen molar-refractivity contribution in [2.45, 2.75) is 33.6 Å². The average molecular weight is 183 g/mol. The molecule has 0 aromatic carbocycles. The van der Waals surface area contributed by atoms with Gasteiger partial charge in [0.25, 0.3) is 0 Å². The van der Waals surface area contributed by atoms with Crippen LogP contribution in [0.4, 0.5) is 0 Å². The Morgan fingerprint density at radius 1 is 1.54 bits per heavy atom. The maximum absolute atomic E-state index is 10.8. The summed E-state index contributed by atoms with van der Waals surface area (Å²) in [5, 5.41) is 0. The lowest BCUT2D eigenvalue weighted by molar-refractivity contribution is -0.117. The highest BCUT2D eigenvalue weighted by atomic mass is 16.1. The molecule has 1 saturated heterocycles. The van der Waals surface area contributed by atoms with Gasteiger partial charge in [0, 0.05) is 19.5 Å². The summed E-state index contributed by atoms with van der Waals surface area (Å²) in [6.07, 6.45) is 2.04. The fraction of sp³-hybridized carbons (Fsp3) is 0.909. The molecule has 0 N–H and O–H groups in total. The SMILES string of the molecule is CC(=O)CCN1CCC(C(C)C)C1. The zero-order valence-corrected chi connectivity index (χ0v) is 9.05. The molecule has 1 aliphatic heterocycles. The molecule has 1 atom stereocenters. The summed E-state index contributed by atoms with van der Waals surface area (Å²) in [6, 6.07) is 0. The summed E-state index contributed by atoms with van der Waals surface area (Å²) in [5.74, 6) is 1.96. The standard InChI is InChI=1S/C11H21NO/c1-9(2)11-5-7-12(8-11)6-4-10(3)13/h9,11H,4-8H2,1-3H3. The van der Waals surface area contributed by atoms with Crippen LogP contribution in [-0.4, -0.2) is 30.3 Å². The van der Waals surface area contributed by atoms with Crippen molar-refractivity contribution in [3.05, 3.63) is 0 Å². The van der Waals surface area contributed by atoms with Crippen molar-refractivity contribution in [2.75, 3.05) is 19.6 Å². The van der Waals surface area contributed by atoms with Crippen molar-refractivity contribution in [3.8, 4) is 0 Å². The van der Waals surface area contributed by atoms with Crippen LogP contribution in [0.5, 0.6) is 0 Å². The Labute approximate surface area is 81.3 Å². The van der Waals surface area contributed by atoms with Gasteiger partial charge in [-0.15, -0.1) is 0 Å². The molecule has 0 aromatic rings. The molecule has 13 heavy (non-hydrogen) atoms. The maximum atomic E-state index is 10.8. The van der Waals surface area contributed by atoms with E-state index in [1.807, 2.05) is 0 Å². The first kappa shape index (κ1) is 10.7. The van der Waals surface area contributed by atoms with Crippen molar-refractivity contribution in [3.63, 3.8) is 0 Å². The van der Waals surface area contributed by atoms with E-state index in [1.54, 1.807) is 6.92 Å². The summed E-state index contributed by atoms with van der Waals surface area (Å²) >= 11 is 0. The van der Waals surface area contributed by atoms with Crippen LogP contribution in [0.2, 0.25) is 0 Å². The molecular formula is C11H21NO. The number of rotatable bonds is 4. The first-order valence-corrected chi connectivity index (χ1v) is 5.31. The van der Waals surface area contributed by atoms with Gasteiger partial charge in [0.2, 0.25) is 0 Å².